The molecule has 0 spiro atoms. The fourth-order valence-corrected chi connectivity index (χ4v) is 11.3. The lowest BCUT2D eigenvalue weighted by molar-refractivity contribution is -0.148. The van der Waals surface area contributed by atoms with Crippen molar-refractivity contribution in [3.63, 3.8) is 0 Å². The third-order valence-electron chi connectivity index (χ3n) is 16.6. The normalized spacial score (nSPS) is 17.0. The number of likely N-dealkylation sites (tertiary alicyclic amines) is 1. The van der Waals surface area contributed by atoms with Crippen molar-refractivity contribution in [1.29, 1.82) is 0 Å². The molecule has 494 valence electrons. The monoisotopic (exact) mass is 1240 g/mol. The topological polar surface area (TPSA) is 335 Å². The summed E-state index contributed by atoms with van der Waals surface area (Å²) < 4.78 is 17.7. The van der Waals surface area contributed by atoms with E-state index in [0.29, 0.717) is 62.0 Å². The highest BCUT2D eigenvalue weighted by atomic mass is 16.6. The predicted octanol–water partition coefficient (Wildman–Crippen LogP) is 5.11. The molecule has 1 heterocycles. The zero-order valence-electron chi connectivity index (χ0n) is 54.6. The summed E-state index contributed by atoms with van der Waals surface area (Å²) in [7, 11) is 6.11. The number of methoxy groups -OCH3 is 2. The SMILES string of the molecule is CC[C@H](C)[C@@H]([C@@H](CC(=O)N1CCC[C@H]1[C@H](OC)[C@@H](C)C(=O)N[C@H](C)[C@@H](O)c1ccccc1)OC)N(C)C(=O)[C@@H](NC(=O)[C@H](C(C)C)N(C)C(=O)OCc1ccc(NC(=O)[C@H](CCCNC(N)=O)NC(=O)[C@@H](NC(=O)CCCCCN)C(C)C)cc1)C(C)C. The predicted molar refractivity (Wildman–Crippen MR) is 337 cm³/mol. The van der Waals surface area contributed by atoms with Crippen molar-refractivity contribution in [3.05, 3.63) is 65.7 Å². The van der Waals surface area contributed by atoms with Crippen LogP contribution in [0.3, 0.4) is 0 Å². The van der Waals surface area contributed by atoms with Crippen LogP contribution in [-0.4, -0.2) is 176 Å². The standard InChI is InChI=1S/C64H105N11O13/c1-15-41(8)55(49(86-13)36-51(77)75-35-23-27-48(75)57(87-14)42(9)58(79)68-43(10)56(78)45-24-18-16-19-25-45)73(11)62(83)53(39(4)5)72-61(82)54(40(6)7)74(12)64(85)88-37-44-29-31-46(32-30-44)69-59(80)47(26-22-34-67-63(66)84)70-60(81)52(38(2)3)71-50(76)28-20-17-21-33-65/h16,18-19,24-25,29-32,38-43,47-49,52-57,78H,15,17,20-23,26-28,33-37,65H2,1-14H3,(H,68,79)(H,69,80)(H,70,81)(H,71,76)(H,72,82)(H3,66,67,84)/t41-,42+,43+,47-,48-,49+,52-,53-,54-,55-,56+,57+/m0/s1. The Morgan fingerprint density at radius 2 is 1.38 bits per heavy atom. The Balaban J connectivity index is 1.70. The molecule has 10 amide bonds. The third-order valence-corrected chi connectivity index (χ3v) is 16.6. The first-order chi connectivity index (χ1) is 41.6. The molecule has 1 saturated heterocycles. The summed E-state index contributed by atoms with van der Waals surface area (Å²) >= 11 is 0. The maximum absolute atomic E-state index is 14.8. The maximum Gasteiger partial charge on any atom is 0.410 e. The van der Waals surface area contributed by atoms with Crippen LogP contribution < -0.4 is 43.4 Å². The summed E-state index contributed by atoms with van der Waals surface area (Å²) in [5, 5.41) is 27.7. The average Bonchev–Trinajstić information content (AvgIpc) is 2.45. The largest absolute Gasteiger partial charge is 0.445 e. The molecule has 1 fully saturated rings. The second kappa shape index (κ2) is 37.8. The van der Waals surface area contributed by atoms with Gasteiger partial charge in [-0.15, -0.1) is 0 Å². The summed E-state index contributed by atoms with van der Waals surface area (Å²) in [5.41, 5.74) is 12.4. The van der Waals surface area contributed by atoms with Gasteiger partial charge in [0, 0.05) is 53.5 Å². The van der Waals surface area contributed by atoms with Crippen molar-refractivity contribution in [1.82, 2.24) is 41.3 Å². The van der Waals surface area contributed by atoms with E-state index in [4.69, 9.17) is 25.7 Å². The lowest BCUT2D eigenvalue weighted by Crippen LogP contribution is -2.60. The molecule has 0 aliphatic carbocycles. The van der Waals surface area contributed by atoms with E-state index in [0.717, 1.165) is 12.8 Å². The number of ether oxygens (including phenoxy) is 3. The number of likely N-dealkylation sites (N-methyl/N-ethyl adjacent to an activating group) is 2. The highest BCUT2D eigenvalue weighted by molar-refractivity contribution is 5.98. The smallest absolute Gasteiger partial charge is 0.410 e. The molecule has 11 N–H and O–H groups in total. The van der Waals surface area contributed by atoms with E-state index in [2.05, 4.69) is 31.9 Å². The molecular formula is C64H105N11O13. The second-order valence-corrected chi connectivity index (χ2v) is 24.4. The average molecular weight is 1240 g/mol. The molecule has 0 saturated carbocycles. The number of hydrogen-bond acceptors (Lipinski definition) is 14. The Morgan fingerprint density at radius 1 is 0.727 bits per heavy atom. The van der Waals surface area contributed by atoms with Gasteiger partial charge in [0.15, 0.2) is 0 Å². The lowest BCUT2D eigenvalue weighted by Gasteiger charge is -2.41. The van der Waals surface area contributed by atoms with E-state index in [-0.39, 0.29) is 62.0 Å². The number of primary amides is 1. The Morgan fingerprint density at radius 3 is 1.94 bits per heavy atom. The van der Waals surface area contributed by atoms with Crippen molar-refractivity contribution in [3.8, 4) is 0 Å². The van der Waals surface area contributed by atoms with Gasteiger partial charge in [0.2, 0.25) is 41.4 Å². The maximum atomic E-state index is 14.8. The van der Waals surface area contributed by atoms with Gasteiger partial charge in [-0.3, -0.25) is 38.5 Å². The minimum Gasteiger partial charge on any atom is -0.445 e. The molecular weight excluding hydrogens is 1130 g/mol. The van der Waals surface area contributed by atoms with Gasteiger partial charge in [-0.25, -0.2) is 9.59 Å². The number of amides is 10. The molecule has 88 heavy (non-hydrogen) atoms. The van der Waals surface area contributed by atoms with Gasteiger partial charge in [0.1, 0.15) is 30.8 Å². The van der Waals surface area contributed by atoms with Gasteiger partial charge in [0.05, 0.1) is 48.8 Å². The number of hydrogen-bond donors (Lipinski definition) is 9. The Labute approximate surface area is 521 Å². The van der Waals surface area contributed by atoms with Gasteiger partial charge in [-0.1, -0.05) is 118 Å². The zero-order valence-corrected chi connectivity index (χ0v) is 54.6. The number of benzene rings is 2. The molecule has 24 heteroatoms. The van der Waals surface area contributed by atoms with Gasteiger partial charge >= 0.3 is 12.1 Å². The molecule has 1 aliphatic heterocycles. The quantitative estimate of drug-likeness (QED) is 0.0397. The third kappa shape index (κ3) is 22.9. The summed E-state index contributed by atoms with van der Waals surface area (Å²) in [6, 6.07) is 9.06. The molecule has 2 aromatic rings. The Bertz CT molecular complexity index is 2540. The molecule has 12 atom stereocenters. The lowest BCUT2D eigenvalue weighted by atomic mass is 9.89. The minimum atomic E-state index is -1.07. The molecule has 0 bridgehead atoms. The number of urea groups is 1. The van der Waals surface area contributed by atoms with Crippen LogP contribution in [0.5, 0.6) is 0 Å². The summed E-state index contributed by atoms with van der Waals surface area (Å²) in [6.45, 7) is 19.1. The van der Waals surface area contributed by atoms with Crippen LogP contribution in [0.2, 0.25) is 0 Å². The van der Waals surface area contributed by atoms with Crippen molar-refractivity contribution in [2.24, 2.45) is 41.1 Å². The van der Waals surface area contributed by atoms with E-state index in [1.807, 2.05) is 32.0 Å². The van der Waals surface area contributed by atoms with E-state index in [9.17, 15) is 48.3 Å². The van der Waals surface area contributed by atoms with Crippen LogP contribution in [-0.2, 0) is 54.4 Å². The van der Waals surface area contributed by atoms with Crippen LogP contribution >= 0.6 is 0 Å². The molecule has 0 unspecified atom stereocenters. The van der Waals surface area contributed by atoms with Crippen LogP contribution in [0.1, 0.15) is 151 Å². The van der Waals surface area contributed by atoms with Crippen molar-refractivity contribution in [2.45, 2.75) is 201 Å². The van der Waals surface area contributed by atoms with Gasteiger partial charge in [0.25, 0.3) is 0 Å². The number of rotatable bonds is 37. The van der Waals surface area contributed by atoms with Crippen LogP contribution in [0, 0.1) is 29.6 Å². The molecule has 0 radical (unpaired) electrons. The van der Waals surface area contributed by atoms with E-state index in [1.165, 1.54) is 26.2 Å². The number of carbonyl (C=O) groups excluding carboxylic acids is 9. The fourth-order valence-electron chi connectivity index (χ4n) is 11.3. The van der Waals surface area contributed by atoms with E-state index < -0.39 is 114 Å². The highest BCUT2D eigenvalue weighted by Crippen LogP contribution is 2.30. The summed E-state index contributed by atoms with van der Waals surface area (Å²) in [6.07, 6.45) is 1.48. The molecule has 2 aromatic carbocycles. The molecule has 24 nitrogen and oxygen atoms in total. The highest BCUT2D eigenvalue weighted by Gasteiger charge is 2.44. The van der Waals surface area contributed by atoms with E-state index in [1.54, 1.807) is 109 Å². The summed E-state index contributed by atoms with van der Waals surface area (Å²) in [5.74, 6) is -4.92. The van der Waals surface area contributed by atoms with E-state index >= 15 is 0 Å². The number of unbranched alkanes of at least 4 members (excludes halogenated alkanes) is 2. The number of carbonyl (C=O) groups is 9. The van der Waals surface area contributed by atoms with Crippen LogP contribution in [0.4, 0.5) is 15.3 Å². The zero-order chi connectivity index (χ0) is 65.9. The Kier molecular flexibility index (Phi) is 32.4. The number of nitrogens with one attached hydrogen (secondary N) is 6. The minimum absolute atomic E-state index is 0.0831. The number of aliphatic hydroxyl groups excluding tert-OH is 1. The van der Waals surface area contributed by atoms with Gasteiger partial charge < -0.3 is 72.5 Å². The van der Waals surface area contributed by atoms with Gasteiger partial charge in [-0.2, -0.15) is 0 Å². The Hall–Kier alpha value is -6.89. The first kappa shape index (κ1) is 75.4. The molecule has 3 rings (SSSR count). The number of aliphatic hydroxyl groups is 1. The summed E-state index contributed by atoms with van der Waals surface area (Å²) in [4.78, 5) is 127. The van der Waals surface area contributed by atoms with Crippen molar-refractivity contribution >= 4 is 59.2 Å². The van der Waals surface area contributed by atoms with Crippen LogP contribution in [0.15, 0.2) is 54.6 Å². The van der Waals surface area contributed by atoms with Crippen molar-refractivity contribution < 1.29 is 62.5 Å². The van der Waals surface area contributed by atoms with Crippen LogP contribution in [0.25, 0.3) is 0 Å². The number of anilines is 1. The first-order valence-electron chi connectivity index (χ1n) is 31.2. The van der Waals surface area contributed by atoms with Crippen molar-refractivity contribution in [2.75, 3.05) is 53.3 Å². The number of nitrogens with two attached hydrogens (primary N) is 2. The number of nitrogens with zero attached hydrogens (tertiary/aromatic N) is 3. The van der Waals surface area contributed by atoms with Gasteiger partial charge in [-0.05, 0) is 98.9 Å². The molecule has 1 aliphatic rings. The second-order valence-electron chi connectivity index (χ2n) is 24.4. The molecule has 0 aromatic heterocycles. The fraction of sp³-hybridized carbons (Fsp3) is 0.672. The first-order valence-corrected chi connectivity index (χ1v) is 31.2.